The van der Waals surface area contributed by atoms with E-state index in [0.717, 1.165) is 31.6 Å². The number of nitrogens with zero attached hydrogens (tertiary/aromatic N) is 2. The molecule has 0 aliphatic heterocycles. The summed E-state index contributed by atoms with van der Waals surface area (Å²) in [6, 6.07) is 1.51. The normalized spacial score (nSPS) is 10.3. The zero-order valence-electron chi connectivity index (χ0n) is 9.71. The molecule has 0 spiro atoms. The summed E-state index contributed by atoms with van der Waals surface area (Å²) in [6.07, 6.45) is 2.26. The number of unbranched alkanes of at least 4 members (excludes halogenated alkanes) is 1. The molecule has 4 nitrogen and oxygen atoms in total. The third-order valence-corrected chi connectivity index (χ3v) is 2.32. The van der Waals surface area contributed by atoms with E-state index in [-0.39, 0.29) is 5.56 Å². The van der Waals surface area contributed by atoms with Gasteiger partial charge in [-0.25, -0.2) is 4.98 Å². The molecule has 84 valence electrons. The van der Waals surface area contributed by atoms with Crippen LogP contribution in [0.15, 0.2) is 10.9 Å². The van der Waals surface area contributed by atoms with Crippen molar-refractivity contribution in [3.63, 3.8) is 0 Å². The summed E-state index contributed by atoms with van der Waals surface area (Å²) >= 11 is 0. The molecule has 0 saturated carbocycles. The van der Waals surface area contributed by atoms with Crippen molar-refractivity contribution in [3.8, 4) is 0 Å². The van der Waals surface area contributed by atoms with E-state index in [1.54, 1.807) is 0 Å². The summed E-state index contributed by atoms with van der Waals surface area (Å²) in [4.78, 5) is 20.5. The highest BCUT2D eigenvalue weighted by Crippen LogP contribution is 2.06. The van der Waals surface area contributed by atoms with Crippen LogP contribution in [-0.4, -0.2) is 23.1 Å². The fourth-order valence-electron chi connectivity index (χ4n) is 1.48. The van der Waals surface area contributed by atoms with E-state index >= 15 is 0 Å². The maximum absolute atomic E-state index is 11.3. The first-order valence-electron chi connectivity index (χ1n) is 5.50. The van der Waals surface area contributed by atoms with Gasteiger partial charge >= 0.3 is 0 Å². The van der Waals surface area contributed by atoms with E-state index in [1.807, 2.05) is 6.92 Å². The minimum Gasteiger partial charge on any atom is -0.343 e. The molecule has 0 radical (unpaired) electrons. The average molecular weight is 209 g/mol. The topological polar surface area (TPSA) is 49.0 Å². The Kier molecular flexibility index (Phi) is 4.34. The van der Waals surface area contributed by atoms with E-state index in [2.05, 4.69) is 28.7 Å². The molecule has 0 saturated heterocycles. The van der Waals surface area contributed by atoms with E-state index in [4.69, 9.17) is 0 Å². The van der Waals surface area contributed by atoms with Crippen LogP contribution in [0.4, 0.5) is 5.95 Å². The lowest BCUT2D eigenvalue weighted by Crippen LogP contribution is -2.28. The molecule has 0 aliphatic rings. The number of aromatic nitrogens is 2. The number of anilines is 1. The second kappa shape index (κ2) is 5.53. The molecular formula is C11H19N3O. The van der Waals surface area contributed by atoms with Crippen molar-refractivity contribution in [1.82, 2.24) is 9.97 Å². The Morgan fingerprint density at radius 1 is 1.47 bits per heavy atom. The van der Waals surface area contributed by atoms with Crippen LogP contribution in [0.25, 0.3) is 0 Å². The summed E-state index contributed by atoms with van der Waals surface area (Å²) in [6.45, 7) is 7.87. The van der Waals surface area contributed by atoms with Gasteiger partial charge in [0.15, 0.2) is 0 Å². The molecular weight excluding hydrogens is 190 g/mol. The number of aryl methyl sites for hydroxylation is 1. The second-order valence-electron chi connectivity index (χ2n) is 3.64. The maximum Gasteiger partial charge on any atom is 0.252 e. The van der Waals surface area contributed by atoms with Gasteiger partial charge in [-0.05, 0) is 20.3 Å². The second-order valence-corrected chi connectivity index (χ2v) is 3.64. The van der Waals surface area contributed by atoms with E-state index in [9.17, 15) is 4.79 Å². The van der Waals surface area contributed by atoms with Crippen molar-refractivity contribution < 1.29 is 0 Å². The van der Waals surface area contributed by atoms with Gasteiger partial charge in [0.05, 0.1) is 0 Å². The third kappa shape index (κ3) is 3.38. The van der Waals surface area contributed by atoms with E-state index in [0.29, 0.717) is 5.95 Å². The molecule has 0 amide bonds. The first-order valence-corrected chi connectivity index (χ1v) is 5.50. The Labute approximate surface area is 90.3 Å². The van der Waals surface area contributed by atoms with E-state index in [1.165, 1.54) is 6.07 Å². The van der Waals surface area contributed by atoms with Gasteiger partial charge in [-0.15, -0.1) is 0 Å². The summed E-state index contributed by atoms with van der Waals surface area (Å²) in [7, 11) is 0. The molecule has 0 atom stereocenters. The predicted molar refractivity (Wildman–Crippen MR) is 62.4 cm³/mol. The lowest BCUT2D eigenvalue weighted by molar-refractivity contribution is 0.710. The number of hydrogen-bond donors (Lipinski definition) is 1. The third-order valence-electron chi connectivity index (χ3n) is 2.32. The summed E-state index contributed by atoms with van der Waals surface area (Å²) in [5.74, 6) is 0.691. The quantitative estimate of drug-likeness (QED) is 0.803. The lowest BCUT2D eigenvalue weighted by atomic mass is 10.3. The van der Waals surface area contributed by atoms with Crippen LogP contribution >= 0.6 is 0 Å². The van der Waals surface area contributed by atoms with Gasteiger partial charge in [-0.3, -0.25) is 9.78 Å². The molecule has 15 heavy (non-hydrogen) atoms. The maximum atomic E-state index is 11.3. The molecule has 1 rings (SSSR count). The number of hydrogen-bond acceptors (Lipinski definition) is 3. The molecule has 1 aromatic heterocycles. The fourth-order valence-corrected chi connectivity index (χ4v) is 1.48. The van der Waals surface area contributed by atoms with Crippen molar-refractivity contribution in [2.45, 2.75) is 33.6 Å². The minimum atomic E-state index is -0.0764. The van der Waals surface area contributed by atoms with Crippen molar-refractivity contribution in [2.75, 3.05) is 18.0 Å². The van der Waals surface area contributed by atoms with Crippen molar-refractivity contribution in [1.29, 1.82) is 0 Å². The van der Waals surface area contributed by atoms with Gasteiger partial charge in [-0.2, -0.15) is 0 Å². The van der Waals surface area contributed by atoms with Crippen LogP contribution in [0.2, 0.25) is 0 Å². The van der Waals surface area contributed by atoms with Gasteiger partial charge in [0.25, 0.3) is 5.56 Å². The molecule has 0 unspecified atom stereocenters. The summed E-state index contributed by atoms with van der Waals surface area (Å²) in [5, 5.41) is 0. The molecule has 0 aliphatic carbocycles. The standard InChI is InChI=1S/C11H19N3O/c1-4-6-7-14(5-2)11-12-9(3)8-10(15)13-11/h8H,4-7H2,1-3H3,(H,12,13,15). The molecule has 0 fully saturated rings. The van der Waals surface area contributed by atoms with Gasteiger partial charge < -0.3 is 4.90 Å². The first kappa shape index (κ1) is 11.8. The van der Waals surface area contributed by atoms with Gasteiger partial charge in [0.1, 0.15) is 0 Å². The Morgan fingerprint density at radius 2 is 2.20 bits per heavy atom. The molecule has 1 heterocycles. The van der Waals surface area contributed by atoms with Crippen molar-refractivity contribution in [2.24, 2.45) is 0 Å². The van der Waals surface area contributed by atoms with Gasteiger partial charge in [-0.1, -0.05) is 13.3 Å². The van der Waals surface area contributed by atoms with Crippen LogP contribution in [0, 0.1) is 6.92 Å². The van der Waals surface area contributed by atoms with Crippen LogP contribution in [0.5, 0.6) is 0 Å². The first-order chi connectivity index (χ1) is 7.17. The van der Waals surface area contributed by atoms with Crippen LogP contribution in [0.1, 0.15) is 32.4 Å². The smallest absolute Gasteiger partial charge is 0.252 e. The number of aromatic amines is 1. The molecule has 1 aromatic rings. The number of H-pyrrole nitrogens is 1. The summed E-state index contributed by atoms with van der Waals surface area (Å²) in [5.41, 5.74) is 0.691. The highest BCUT2D eigenvalue weighted by Gasteiger charge is 2.06. The zero-order valence-corrected chi connectivity index (χ0v) is 9.71. The zero-order chi connectivity index (χ0) is 11.3. The molecule has 4 heteroatoms. The van der Waals surface area contributed by atoms with E-state index < -0.39 is 0 Å². The van der Waals surface area contributed by atoms with Crippen molar-refractivity contribution >= 4 is 5.95 Å². The van der Waals surface area contributed by atoms with Crippen LogP contribution in [0.3, 0.4) is 0 Å². The number of nitrogens with one attached hydrogen (secondary N) is 1. The van der Waals surface area contributed by atoms with Gasteiger partial charge in [0, 0.05) is 24.8 Å². The van der Waals surface area contributed by atoms with Gasteiger partial charge in [0.2, 0.25) is 5.95 Å². The molecule has 0 aromatic carbocycles. The lowest BCUT2D eigenvalue weighted by Gasteiger charge is -2.20. The Morgan fingerprint density at radius 3 is 2.73 bits per heavy atom. The monoisotopic (exact) mass is 209 g/mol. The summed E-state index contributed by atoms with van der Waals surface area (Å²) < 4.78 is 0. The van der Waals surface area contributed by atoms with Crippen LogP contribution in [-0.2, 0) is 0 Å². The average Bonchev–Trinajstić information content (AvgIpc) is 2.17. The largest absolute Gasteiger partial charge is 0.343 e. The minimum absolute atomic E-state index is 0.0764. The Bertz CT molecular complexity index is 359. The van der Waals surface area contributed by atoms with Crippen LogP contribution < -0.4 is 10.5 Å². The Hall–Kier alpha value is -1.32. The predicted octanol–water partition coefficient (Wildman–Crippen LogP) is 1.70. The SMILES string of the molecule is CCCCN(CC)c1nc(C)cc(=O)[nH]1. The molecule has 1 N–H and O–H groups in total. The molecule has 0 bridgehead atoms. The highest BCUT2D eigenvalue weighted by atomic mass is 16.1. The van der Waals surface area contributed by atoms with Crippen molar-refractivity contribution in [3.05, 3.63) is 22.1 Å². The Balaban J connectivity index is 2.86. The highest BCUT2D eigenvalue weighted by molar-refractivity contribution is 5.29. The fraction of sp³-hybridized carbons (Fsp3) is 0.636. The number of rotatable bonds is 5.